The van der Waals surface area contributed by atoms with Crippen molar-refractivity contribution >= 4 is 33.5 Å². The quantitative estimate of drug-likeness (QED) is 0.791. The van der Waals surface area contributed by atoms with Gasteiger partial charge in [-0.05, 0) is 33.6 Å². The van der Waals surface area contributed by atoms with Gasteiger partial charge in [0.25, 0.3) is 0 Å². The molecule has 21 heavy (non-hydrogen) atoms. The SMILES string of the molecule is C=CCn1c(Br)nc(C(=O)O)c1C(O)c1ccc(Cl)cc1. The van der Waals surface area contributed by atoms with Crippen LogP contribution in [0, 0.1) is 0 Å². The van der Waals surface area contributed by atoms with E-state index in [4.69, 9.17) is 11.6 Å². The lowest BCUT2D eigenvalue weighted by atomic mass is 10.0. The molecule has 1 aromatic heterocycles. The van der Waals surface area contributed by atoms with Gasteiger partial charge in [0, 0.05) is 11.6 Å². The average molecular weight is 372 g/mol. The van der Waals surface area contributed by atoms with Crippen molar-refractivity contribution in [3.8, 4) is 0 Å². The van der Waals surface area contributed by atoms with E-state index in [0.717, 1.165) is 0 Å². The zero-order chi connectivity index (χ0) is 15.6. The summed E-state index contributed by atoms with van der Waals surface area (Å²) < 4.78 is 1.87. The summed E-state index contributed by atoms with van der Waals surface area (Å²) in [5, 5.41) is 20.3. The highest BCUT2D eigenvalue weighted by molar-refractivity contribution is 9.10. The zero-order valence-electron chi connectivity index (χ0n) is 10.8. The smallest absolute Gasteiger partial charge is 0.356 e. The number of imidazole rings is 1. The maximum absolute atomic E-state index is 11.3. The third-order valence-corrected chi connectivity index (χ3v) is 3.78. The molecule has 1 atom stereocenters. The number of hydrogen-bond acceptors (Lipinski definition) is 3. The van der Waals surface area contributed by atoms with Crippen LogP contribution in [0.3, 0.4) is 0 Å². The first kappa shape index (κ1) is 15.8. The van der Waals surface area contributed by atoms with Crippen LogP contribution in [0.4, 0.5) is 0 Å². The summed E-state index contributed by atoms with van der Waals surface area (Å²) >= 11 is 9.01. The molecule has 0 fully saturated rings. The number of hydrogen-bond donors (Lipinski definition) is 2. The van der Waals surface area contributed by atoms with E-state index >= 15 is 0 Å². The lowest BCUT2D eigenvalue weighted by molar-refractivity contribution is 0.0684. The van der Waals surface area contributed by atoms with Crippen LogP contribution in [0.15, 0.2) is 41.7 Å². The van der Waals surface area contributed by atoms with Crippen LogP contribution in [-0.2, 0) is 6.54 Å². The van der Waals surface area contributed by atoms with Gasteiger partial charge in [-0.1, -0.05) is 29.8 Å². The van der Waals surface area contributed by atoms with Gasteiger partial charge in [0.15, 0.2) is 10.4 Å². The molecule has 0 amide bonds. The predicted molar refractivity (Wildman–Crippen MR) is 82.6 cm³/mol. The monoisotopic (exact) mass is 370 g/mol. The first-order valence-electron chi connectivity index (χ1n) is 5.99. The van der Waals surface area contributed by atoms with Gasteiger partial charge >= 0.3 is 5.97 Å². The molecule has 1 aromatic carbocycles. The fourth-order valence-electron chi connectivity index (χ4n) is 1.98. The van der Waals surface area contributed by atoms with Crippen LogP contribution in [0.2, 0.25) is 5.02 Å². The van der Waals surface area contributed by atoms with Gasteiger partial charge in [-0.15, -0.1) is 6.58 Å². The van der Waals surface area contributed by atoms with Crippen molar-refractivity contribution in [2.75, 3.05) is 0 Å². The molecule has 0 aliphatic carbocycles. The van der Waals surface area contributed by atoms with Crippen LogP contribution in [-0.4, -0.2) is 25.7 Å². The molecule has 1 unspecified atom stereocenters. The second kappa shape index (κ2) is 6.43. The number of aromatic carboxylic acids is 1. The molecule has 2 N–H and O–H groups in total. The minimum Gasteiger partial charge on any atom is -0.476 e. The summed E-state index contributed by atoms with van der Waals surface area (Å²) in [5.74, 6) is -1.21. The van der Waals surface area contributed by atoms with Crippen molar-refractivity contribution in [1.82, 2.24) is 9.55 Å². The molecule has 2 aromatic rings. The summed E-state index contributed by atoms with van der Waals surface area (Å²) in [7, 11) is 0. The standard InChI is InChI=1S/C14H12BrClN2O3/c1-2-7-18-11(10(13(20)21)17-14(18)15)12(19)8-3-5-9(16)6-4-8/h2-6,12,19H,1,7H2,(H,20,21). The topological polar surface area (TPSA) is 75.4 Å². The largest absolute Gasteiger partial charge is 0.476 e. The Morgan fingerprint density at radius 2 is 2.10 bits per heavy atom. The lowest BCUT2D eigenvalue weighted by Gasteiger charge is -2.15. The minimum atomic E-state index is -1.21. The van der Waals surface area contributed by atoms with Crippen molar-refractivity contribution in [2.24, 2.45) is 0 Å². The fourth-order valence-corrected chi connectivity index (χ4v) is 2.62. The molecule has 5 nitrogen and oxygen atoms in total. The molecule has 0 saturated carbocycles. The van der Waals surface area contributed by atoms with E-state index in [2.05, 4.69) is 27.5 Å². The number of carboxylic acids is 1. The highest BCUT2D eigenvalue weighted by Gasteiger charge is 2.26. The molecule has 0 bridgehead atoms. The number of halogens is 2. The normalized spacial score (nSPS) is 12.1. The number of nitrogens with zero attached hydrogens (tertiary/aromatic N) is 2. The van der Waals surface area contributed by atoms with Gasteiger partial charge in [0.2, 0.25) is 0 Å². The summed E-state index contributed by atoms with van der Waals surface area (Å²) in [6, 6.07) is 6.53. The highest BCUT2D eigenvalue weighted by atomic mass is 79.9. The lowest BCUT2D eigenvalue weighted by Crippen LogP contribution is -2.13. The second-order valence-corrected chi connectivity index (χ2v) is 5.42. The van der Waals surface area contributed by atoms with E-state index in [0.29, 0.717) is 21.9 Å². The van der Waals surface area contributed by atoms with Crippen LogP contribution < -0.4 is 0 Å². The van der Waals surface area contributed by atoms with Crippen LogP contribution in [0.1, 0.15) is 27.8 Å². The molecule has 0 radical (unpaired) electrons. The average Bonchev–Trinajstić information content (AvgIpc) is 2.77. The van der Waals surface area contributed by atoms with E-state index in [1.807, 2.05) is 0 Å². The van der Waals surface area contributed by atoms with Crippen LogP contribution in [0.5, 0.6) is 0 Å². The Morgan fingerprint density at radius 1 is 1.48 bits per heavy atom. The number of allylic oxidation sites excluding steroid dienone is 1. The number of benzene rings is 1. The maximum Gasteiger partial charge on any atom is 0.356 e. The maximum atomic E-state index is 11.3. The van der Waals surface area contributed by atoms with E-state index in [1.165, 1.54) is 0 Å². The molecule has 0 saturated heterocycles. The van der Waals surface area contributed by atoms with Gasteiger partial charge in [0.05, 0.1) is 5.69 Å². The Morgan fingerprint density at radius 3 is 2.62 bits per heavy atom. The number of aromatic nitrogens is 2. The summed E-state index contributed by atoms with van der Waals surface area (Å²) in [6.07, 6.45) is 0.461. The Bertz CT molecular complexity index is 682. The molecule has 2 rings (SSSR count). The molecule has 0 aliphatic rings. The summed E-state index contributed by atoms with van der Waals surface area (Å²) in [4.78, 5) is 15.3. The molecule has 0 aliphatic heterocycles. The van der Waals surface area contributed by atoms with E-state index < -0.39 is 12.1 Å². The van der Waals surface area contributed by atoms with E-state index in [1.54, 1.807) is 34.9 Å². The Labute approximate surface area is 134 Å². The first-order chi connectivity index (χ1) is 9.95. The molecule has 7 heteroatoms. The van der Waals surface area contributed by atoms with Gasteiger partial charge in [0.1, 0.15) is 6.10 Å². The predicted octanol–water partition coefficient (Wildman–Crippen LogP) is 3.26. The summed E-state index contributed by atoms with van der Waals surface area (Å²) in [5.41, 5.74) is 0.516. The van der Waals surface area contributed by atoms with Crippen molar-refractivity contribution < 1.29 is 15.0 Å². The first-order valence-corrected chi connectivity index (χ1v) is 7.16. The van der Waals surface area contributed by atoms with E-state index in [-0.39, 0.29) is 11.4 Å². The molecular formula is C14H12BrClN2O3. The number of carbonyl (C=O) groups is 1. The van der Waals surface area contributed by atoms with Crippen LogP contribution >= 0.6 is 27.5 Å². The second-order valence-electron chi connectivity index (χ2n) is 4.27. The Kier molecular flexibility index (Phi) is 4.82. The number of rotatable bonds is 5. The van der Waals surface area contributed by atoms with Crippen molar-refractivity contribution in [3.63, 3.8) is 0 Å². The van der Waals surface area contributed by atoms with Crippen molar-refractivity contribution in [1.29, 1.82) is 0 Å². The van der Waals surface area contributed by atoms with Crippen molar-refractivity contribution in [3.05, 3.63) is 63.6 Å². The molecule has 110 valence electrons. The van der Waals surface area contributed by atoms with Gasteiger partial charge in [-0.2, -0.15) is 0 Å². The van der Waals surface area contributed by atoms with Crippen LogP contribution in [0.25, 0.3) is 0 Å². The van der Waals surface area contributed by atoms with Gasteiger partial charge in [-0.3, -0.25) is 0 Å². The zero-order valence-corrected chi connectivity index (χ0v) is 13.2. The third-order valence-electron chi connectivity index (χ3n) is 2.92. The third kappa shape index (κ3) is 3.18. The molecular weight excluding hydrogens is 360 g/mol. The van der Waals surface area contributed by atoms with Gasteiger partial charge < -0.3 is 14.8 Å². The van der Waals surface area contributed by atoms with Crippen molar-refractivity contribution in [2.45, 2.75) is 12.6 Å². The number of carboxylic acid groups (broad SMARTS) is 1. The molecule has 1 heterocycles. The fraction of sp³-hybridized carbons (Fsp3) is 0.143. The van der Waals surface area contributed by atoms with E-state index in [9.17, 15) is 15.0 Å². The minimum absolute atomic E-state index is 0.191. The number of aliphatic hydroxyl groups is 1. The highest BCUT2D eigenvalue weighted by Crippen LogP contribution is 2.29. The van der Waals surface area contributed by atoms with Gasteiger partial charge in [-0.25, -0.2) is 9.78 Å². The molecule has 0 spiro atoms. The Hall–Kier alpha value is -1.63. The number of aliphatic hydroxyl groups excluding tert-OH is 1. The Balaban J connectivity index is 2.56. The summed E-state index contributed by atoms with van der Waals surface area (Å²) in [6.45, 7) is 3.94.